The first kappa shape index (κ1) is 11.7. The SMILES string of the molecule is C[CH2][Zn]([CH]=C(C)c1ccccc1)[CH2]C. The zero-order chi connectivity index (χ0) is 10.4. The van der Waals surface area contributed by atoms with E-state index in [4.69, 9.17) is 0 Å². The van der Waals surface area contributed by atoms with Crippen LogP contribution in [0.15, 0.2) is 35.0 Å². The van der Waals surface area contributed by atoms with Gasteiger partial charge in [0.25, 0.3) is 0 Å². The van der Waals surface area contributed by atoms with Gasteiger partial charge in [0.2, 0.25) is 0 Å². The minimum atomic E-state index is -1.24. The fourth-order valence-electron chi connectivity index (χ4n) is 1.89. The van der Waals surface area contributed by atoms with Crippen molar-refractivity contribution in [2.24, 2.45) is 0 Å². The minimum absolute atomic E-state index is 1.24. The van der Waals surface area contributed by atoms with Crippen LogP contribution in [0.5, 0.6) is 0 Å². The van der Waals surface area contributed by atoms with Gasteiger partial charge in [0.05, 0.1) is 0 Å². The Morgan fingerprint density at radius 1 is 1.14 bits per heavy atom. The first-order valence-electron chi connectivity index (χ1n) is 5.77. The fourth-order valence-corrected chi connectivity index (χ4v) is 6.90. The zero-order valence-corrected chi connectivity index (χ0v) is 12.6. The van der Waals surface area contributed by atoms with E-state index in [1.54, 1.807) is 0 Å². The van der Waals surface area contributed by atoms with Gasteiger partial charge in [0.15, 0.2) is 0 Å². The van der Waals surface area contributed by atoms with Gasteiger partial charge in [-0.25, -0.2) is 0 Å². The number of allylic oxidation sites excluding steroid dienone is 1. The van der Waals surface area contributed by atoms with Gasteiger partial charge in [0.1, 0.15) is 0 Å². The molecule has 0 heterocycles. The van der Waals surface area contributed by atoms with Gasteiger partial charge in [0, 0.05) is 0 Å². The first-order chi connectivity index (χ1) is 6.77. The number of rotatable bonds is 4. The van der Waals surface area contributed by atoms with E-state index in [0.717, 1.165) is 0 Å². The van der Waals surface area contributed by atoms with Gasteiger partial charge in [-0.05, 0) is 0 Å². The van der Waals surface area contributed by atoms with Crippen LogP contribution in [0.2, 0.25) is 10.0 Å². The van der Waals surface area contributed by atoms with E-state index in [1.807, 2.05) is 0 Å². The summed E-state index contributed by atoms with van der Waals surface area (Å²) in [5.74, 6) is 0. The predicted molar refractivity (Wildman–Crippen MR) is 61.1 cm³/mol. The topological polar surface area (TPSA) is 0 Å². The molecule has 0 aliphatic rings. The van der Waals surface area contributed by atoms with Crippen LogP contribution in [0.4, 0.5) is 0 Å². The summed E-state index contributed by atoms with van der Waals surface area (Å²) in [6.07, 6.45) is 0. The monoisotopic (exact) mass is 239 g/mol. The van der Waals surface area contributed by atoms with E-state index in [1.165, 1.54) is 21.2 Å². The van der Waals surface area contributed by atoms with Crippen molar-refractivity contribution in [1.82, 2.24) is 0 Å². The Bertz CT molecular complexity index is 283. The van der Waals surface area contributed by atoms with Crippen molar-refractivity contribution in [1.29, 1.82) is 0 Å². The van der Waals surface area contributed by atoms with E-state index in [9.17, 15) is 0 Å². The van der Waals surface area contributed by atoms with Gasteiger partial charge in [-0.1, -0.05) is 0 Å². The second-order valence-electron chi connectivity index (χ2n) is 4.18. The van der Waals surface area contributed by atoms with Crippen LogP contribution in [0.3, 0.4) is 0 Å². The molecular formula is C13H19Zn. The Morgan fingerprint density at radius 2 is 1.71 bits per heavy atom. The molecule has 0 amide bonds. The molecule has 0 aliphatic heterocycles. The summed E-state index contributed by atoms with van der Waals surface area (Å²) < 4.78 is 2.61. The van der Waals surface area contributed by atoms with Crippen molar-refractivity contribution in [2.45, 2.75) is 30.8 Å². The van der Waals surface area contributed by atoms with Crippen molar-refractivity contribution < 1.29 is 16.0 Å². The Morgan fingerprint density at radius 3 is 2.21 bits per heavy atom. The van der Waals surface area contributed by atoms with Crippen molar-refractivity contribution in [2.75, 3.05) is 0 Å². The van der Waals surface area contributed by atoms with Gasteiger partial charge in [-0.15, -0.1) is 0 Å². The molecule has 0 spiro atoms. The molecule has 0 radical (unpaired) electrons. The van der Waals surface area contributed by atoms with Crippen molar-refractivity contribution >= 4 is 5.57 Å². The van der Waals surface area contributed by atoms with Crippen LogP contribution >= 0.6 is 0 Å². The van der Waals surface area contributed by atoms with Crippen LogP contribution in [-0.4, -0.2) is 0 Å². The third kappa shape index (κ3) is 3.38. The van der Waals surface area contributed by atoms with Crippen LogP contribution < -0.4 is 0 Å². The maximum atomic E-state index is 2.61. The average Bonchev–Trinajstić information content (AvgIpc) is 2.26. The zero-order valence-electron chi connectivity index (χ0n) is 9.59. The number of hydrogen-bond acceptors (Lipinski definition) is 0. The summed E-state index contributed by atoms with van der Waals surface area (Å²) in [5, 5.41) is 2.89. The molecule has 0 N–H and O–H groups in total. The Hall–Kier alpha value is -0.417. The van der Waals surface area contributed by atoms with Crippen molar-refractivity contribution in [3.63, 3.8) is 0 Å². The van der Waals surface area contributed by atoms with E-state index in [2.05, 4.69) is 55.8 Å². The van der Waals surface area contributed by atoms with Crippen LogP contribution in [0.1, 0.15) is 26.3 Å². The van der Waals surface area contributed by atoms with Crippen molar-refractivity contribution in [3.8, 4) is 0 Å². The number of benzene rings is 1. The molecule has 73 valence electrons. The first-order valence-corrected chi connectivity index (χ1v) is 11.7. The summed E-state index contributed by atoms with van der Waals surface area (Å²) in [4.78, 5) is 0. The summed E-state index contributed by atoms with van der Waals surface area (Å²) >= 11 is -1.24. The second kappa shape index (κ2) is 6.14. The van der Waals surface area contributed by atoms with E-state index in [-0.39, 0.29) is 0 Å². The predicted octanol–water partition coefficient (Wildman–Crippen LogP) is 4.54. The molecule has 0 bridgehead atoms. The standard InChI is InChI=1S/C9H9.2C2H5.Zn/c1-8(2)9-6-4-3-5-7-9;2*1-2;/h1,3-7H,2H3;2*1H2,2H3;. The molecule has 14 heavy (non-hydrogen) atoms. The fraction of sp³-hybridized carbons (Fsp3) is 0.385. The van der Waals surface area contributed by atoms with Crippen LogP contribution in [0.25, 0.3) is 5.57 Å². The van der Waals surface area contributed by atoms with Crippen LogP contribution in [0, 0.1) is 0 Å². The average molecular weight is 241 g/mol. The van der Waals surface area contributed by atoms with E-state index >= 15 is 0 Å². The molecular weight excluding hydrogens is 222 g/mol. The summed E-state index contributed by atoms with van der Waals surface area (Å²) in [6, 6.07) is 10.7. The maximum absolute atomic E-state index is 2.61. The van der Waals surface area contributed by atoms with Crippen LogP contribution in [-0.2, 0) is 16.0 Å². The Kier molecular flexibility index (Phi) is 5.11. The van der Waals surface area contributed by atoms with Gasteiger partial charge in [-0.3, -0.25) is 0 Å². The number of hydrogen-bond donors (Lipinski definition) is 0. The molecule has 0 atom stereocenters. The molecule has 1 heteroatoms. The van der Waals surface area contributed by atoms with Crippen molar-refractivity contribution in [3.05, 3.63) is 40.6 Å². The van der Waals surface area contributed by atoms with E-state index in [0.29, 0.717) is 0 Å². The molecule has 0 saturated carbocycles. The second-order valence-corrected chi connectivity index (χ2v) is 13.1. The molecule has 0 unspecified atom stereocenters. The summed E-state index contributed by atoms with van der Waals surface area (Å²) in [6.45, 7) is 6.95. The summed E-state index contributed by atoms with van der Waals surface area (Å²) in [5.41, 5.74) is 2.89. The molecule has 0 nitrogen and oxygen atoms in total. The van der Waals surface area contributed by atoms with Gasteiger partial charge < -0.3 is 0 Å². The van der Waals surface area contributed by atoms with Gasteiger partial charge >= 0.3 is 92.9 Å². The third-order valence-corrected chi connectivity index (χ3v) is 11.0. The Labute approximate surface area is 92.9 Å². The molecule has 1 aromatic carbocycles. The summed E-state index contributed by atoms with van der Waals surface area (Å²) in [7, 11) is 0. The Balaban J connectivity index is 2.78. The normalized spacial score (nSPS) is 11.5. The molecule has 1 aromatic rings. The molecule has 0 aliphatic carbocycles. The third-order valence-electron chi connectivity index (χ3n) is 3.11. The molecule has 0 saturated heterocycles. The quantitative estimate of drug-likeness (QED) is 0.678. The molecule has 1 rings (SSSR count). The van der Waals surface area contributed by atoms with E-state index < -0.39 is 16.0 Å². The molecule has 0 fully saturated rings. The van der Waals surface area contributed by atoms with Gasteiger partial charge in [-0.2, -0.15) is 0 Å². The molecule has 0 aromatic heterocycles.